The second-order valence-corrected chi connectivity index (χ2v) is 9.80. The molecule has 8 heteroatoms. The number of piperazine rings is 1. The van der Waals surface area contributed by atoms with Crippen LogP contribution < -0.4 is 0 Å². The molecule has 0 atom stereocenters. The summed E-state index contributed by atoms with van der Waals surface area (Å²) in [6.45, 7) is 4.93. The van der Waals surface area contributed by atoms with Gasteiger partial charge in [-0.05, 0) is 37.1 Å². The fraction of sp³-hybridized carbons (Fsp3) is 0.364. The molecule has 160 valence electrons. The Morgan fingerprint density at radius 1 is 0.867 bits per heavy atom. The molecule has 1 heterocycles. The molecule has 0 spiro atoms. The normalized spacial score (nSPS) is 15.4. The van der Waals surface area contributed by atoms with E-state index in [1.807, 2.05) is 26.0 Å². The van der Waals surface area contributed by atoms with E-state index in [-0.39, 0.29) is 37.9 Å². The molecule has 2 aromatic carbocycles. The Labute approximate surface area is 178 Å². The predicted molar refractivity (Wildman–Crippen MR) is 116 cm³/mol. The minimum absolute atomic E-state index is 0.198. The van der Waals surface area contributed by atoms with E-state index in [1.165, 1.54) is 22.7 Å². The van der Waals surface area contributed by atoms with E-state index in [2.05, 4.69) is 0 Å². The Hall–Kier alpha value is -2.55. The number of aryl methyl sites for hydroxylation is 2. The minimum Gasteiger partial charge on any atom is -0.336 e. The van der Waals surface area contributed by atoms with Crippen molar-refractivity contribution in [2.45, 2.75) is 13.8 Å². The summed E-state index contributed by atoms with van der Waals surface area (Å²) in [5.41, 5.74) is 3.35. The lowest BCUT2D eigenvalue weighted by atomic mass is 9.95. The van der Waals surface area contributed by atoms with Gasteiger partial charge in [-0.3, -0.25) is 9.59 Å². The lowest BCUT2D eigenvalue weighted by molar-refractivity contribution is 0.0692. The predicted octanol–water partition coefficient (Wildman–Crippen LogP) is 2.10. The van der Waals surface area contributed by atoms with Crippen molar-refractivity contribution in [3.8, 4) is 0 Å². The number of carbonyl (C=O) groups excluding carboxylic acids is 2. The standard InChI is InChI=1S/C22H27N3O4S/c1-16-9-10-18(15-17(16)2)21(26)19-7-5-6-8-20(19)22(27)24-11-13-25(14-12-24)30(28,29)23(3)4/h5-10,15H,11-14H2,1-4H3. The zero-order valence-electron chi connectivity index (χ0n) is 17.8. The average molecular weight is 430 g/mol. The van der Waals surface area contributed by atoms with Gasteiger partial charge in [-0.15, -0.1) is 0 Å². The summed E-state index contributed by atoms with van der Waals surface area (Å²) in [6, 6.07) is 12.3. The van der Waals surface area contributed by atoms with Gasteiger partial charge in [0.1, 0.15) is 0 Å². The van der Waals surface area contributed by atoms with E-state index in [9.17, 15) is 18.0 Å². The molecule has 3 rings (SSSR count). The first-order valence-electron chi connectivity index (χ1n) is 9.81. The summed E-state index contributed by atoms with van der Waals surface area (Å²) in [4.78, 5) is 27.9. The number of benzene rings is 2. The number of rotatable bonds is 5. The number of nitrogens with zero attached hydrogens (tertiary/aromatic N) is 3. The number of amides is 1. The third kappa shape index (κ3) is 4.30. The molecule has 2 aromatic rings. The zero-order chi connectivity index (χ0) is 22.1. The van der Waals surface area contributed by atoms with E-state index < -0.39 is 10.2 Å². The molecule has 0 unspecified atom stereocenters. The van der Waals surface area contributed by atoms with Crippen LogP contribution in [-0.2, 0) is 10.2 Å². The minimum atomic E-state index is -3.50. The van der Waals surface area contributed by atoms with Crippen LogP contribution in [0.4, 0.5) is 0 Å². The molecule has 1 aliphatic heterocycles. The van der Waals surface area contributed by atoms with Crippen molar-refractivity contribution < 1.29 is 18.0 Å². The van der Waals surface area contributed by atoms with Gasteiger partial charge >= 0.3 is 0 Å². The van der Waals surface area contributed by atoms with Crippen molar-refractivity contribution in [2.75, 3.05) is 40.3 Å². The molecular formula is C22H27N3O4S. The second kappa shape index (κ2) is 8.67. The Balaban J connectivity index is 1.81. The lowest BCUT2D eigenvalue weighted by Crippen LogP contribution is -2.53. The molecule has 1 amide bonds. The molecule has 1 fully saturated rings. The highest BCUT2D eigenvalue weighted by molar-refractivity contribution is 7.86. The van der Waals surface area contributed by atoms with Crippen LogP contribution in [-0.4, -0.2) is 73.9 Å². The van der Waals surface area contributed by atoms with E-state index in [0.29, 0.717) is 16.7 Å². The topological polar surface area (TPSA) is 78.0 Å². The Kier molecular flexibility index (Phi) is 6.40. The van der Waals surface area contributed by atoms with Gasteiger partial charge in [-0.2, -0.15) is 17.0 Å². The molecule has 30 heavy (non-hydrogen) atoms. The third-order valence-corrected chi connectivity index (χ3v) is 7.43. The van der Waals surface area contributed by atoms with Crippen molar-refractivity contribution in [2.24, 2.45) is 0 Å². The quantitative estimate of drug-likeness (QED) is 0.682. The van der Waals surface area contributed by atoms with Crippen molar-refractivity contribution in [1.82, 2.24) is 13.5 Å². The van der Waals surface area contributed by atoms with Crippen molar-refractivity contribution in [3.05, 3.63) is 70.3 Å². The van der Waals surface area contributed by atoms with Crippen LogP contribution in [0.25, 0.3) is 0 Å². The Morgan fingerprint density at radius 3 is 2.03 bits per heavy atom. The zero-order valence-corrected chi connectivity index (χ0v) is 18.6. The highest BCUT2D eigenvalue weighted by Gasteiger charge is 2.31. The van der Waals surface area contributed by atoms with Gasteiger partial charge in [-0.25, -0.2) is 0 Å². The smallest absolute Gasteiger partial charge is 0.281 e. The third-order valence-electron chi connectivity index (χ3n) is 5.48. The fourth-order valence-corrected chi connectivity index (χ4v) is 4.52. The number of hydrogen-bond donors (Lipinski definition) is 0. The van der Waals surface area contributed by atoms with Crippen LogP contribution in [0, 0.1) is 13.8 Å². The fourth-order valence-electron chi connectivity index (χ4n) is 3.43. The molecule has 0 radical (unpaired) electrons. The summed E-state index contributed by atoms with van der Waals surface area (Å²) >= 11 is 0. The molecule has 0 aliphatic carbocycles. The van der Waals surface area contributed by atoms with Gasteiger partial charge in [0.05, 0.1) is 5.56 Å². The second-order valence-electron chi connectivity index (χ2n) is 7.66. The Bertz CT molecular complexity index is 1070. The molecule has 0 N–H and O–H groups in total. The van der Waals surface area contributed by atoms with E-state index in [1.54, 1.807) is 35.2 Å². The van der Waals surface area contributed by atoms with Crippen LogP contribution in [0.5, 0.6) is 0 Å². The van der Waals surface area contributed by atoms with E-state index in [0.717, 1.165) is 11.1 Å². The number of hydrogen-bond acceptors (Lipinski definition) is 4. The van der Waals surface area contributed by atoms with Crippen molar-refractivity contribution in [1.29, 1.82) is 0 Å². The van der Waals surface area contributed by atoms with E-state index in [4.69, 9.17) is 0 Å². The maximum Gasteiger partial charge on any atom is 0.281 e. The first-order valence-corrected chi connectivity index (χ1v) is 11.2. The van der Waals surface area contributed by atoms with Gasteiger partial charge in [0.15, 0.2) is 5.78 Å². The van der Waals surface area contributed by atoms with E-state index >= 15 is 0 Å². The largest absolute Gasteiger partial charge is 0.336 e. The number of carbonyl (C=O) groups is 2. The summed E-state index contributed by atoms with van der Waals surface area (Å²) < 4.78 is 27.1. The molecule has 7 nitrogen and oxygen atoms in total. The SMILES string of the molecule is Cc1ccc(C(=O)c2ccccc2C(=O)N2CCN(S(=O)(=O)N(C)C)CC2)cc1C. The summed E-state index contributed by atoms with van der Waals surface area (Å²) in [5, 5.41) is 0. The first-order chi connectivity index (χ1) is 14.1. The summed E-state index contributed by atoms with van der Waals surface area (Å²) in [6.07, 6.45) is 0. The monoisotopic (exact) mass is 429 g/mol. The lowest BCUT2D eigenvalue weighted by Gasteiger charge is -2.35. The molecular weight excluding hydrogens is 402 g/mol. The van der Waals surface area contributed by atoms with Gasteiger partial charge in [0.2, 0.25) is 0 Å². The summed E-state index contributed by atoms with van der Waals surface area (Å²) in [7, 11) is -0.529. The molecule has 0 bridgehead atoms. The summed E-state index contributed by atoms with van der Waals surface area (Å²) in [5.74, 6) is -0.458. The molecule has 1 aliphatic rings. The van der Waals surface area contributed by atoms with Crippen LogP contribution in [0.1, 0.15) is 37.4 Å². The molecule has 0 saturated carbocycles. The van der Waals surface area contributed by atoms with Gasteiger partial charge in [-0.1, -0.05) is 30.3 Å². The van der Waals surface area contributed by atoms with Gasteiger partial charge in [0, 0.05) is 51.4 Å². The van der Waals surface area contributed by atoms with Crippen LogP contribution in [0.3, 0.4) is 0 Å². The first kappa shape index (κ1) is 22.1. The van der Waals surface area contributed by atoms with Crippen molar-refractivity contribution >= 4 is 21.9 Å². The average Bonchev–Trinajstić information content (AvgIpc) is 2.74. The molecule has 1 saturated heterocycles. The van der Waals surface area contributed by atoms with Gasteiger partial charge in [0.25, 0.3) is 16.1 Å². The number of ketones is 1. The van der Waals surface area contributed by atoms with Crippen LogP contribution in [0.15, 0.2) is 42.5 Å². The maximum atomic E-state index is 13.2. The van der Waals surface area contributed by atoms with Crippen molar-refractivity contribution in [3.63, 3.8) is 0 Å². The highest BCUT2D eigenvalue weighted by Crippen LogP contribution is 2.20. The van der Waals surface area contributed by atoms with Gasteiger partial charge < -0.3 is 4.90 Å². The Morgan fingerprint density at radius 2 is 1.47 bits per heavy atom. The van der Waals surface area contributed by atoms with Crippen LogP contribution in [0.2, 0.25) is 0 Å². The highest BCUT2D eigenvalue weighted by atomic mass is 32.2. The molecule has 0 aromatic heterocycles. The van der Waals surface area contributed by atoms with Crippen LogP contribution >= 0.6 is 0 Å². The maximum absolute atomic E-state index is 13.2.